The number of thiocarbonyl (C=S) groups is 1. The first-order chi connectivity index (χ1) is 8.60. The van der Waals surface area contributed by atoms with E-state index in [0.29, 0.717) is 5.89 Å². The van der Waals surface area contributed by atoms with Crippen molar-refractivity contribution < 1.29 is 4.42 Å². The van der Waals surface area contributed by atoms with Gasteiger partial charge in [-0.25, -0.2) is 4.98 Å². The van der Waals surface area contributed by atoms with Crippen LogP contribution in [0.1, 0.15) is 18.4 Å². The standard InChI is InChI=1S/C13H15N3OS/c1-3-11-8(2)17-12(16-11)9-4-6-10(7-5-9)15-13(14)18/h4-7H,3H2,1-2H3,(H3,14,15,18). The molecule has 0 unspecified atom stereocenters. The van der Waals surface area contributed by atoms with Gasteiger partial charge < -0.3 is 15.5 Å². The maximum absolute atomic E-state index is 5.63. The highest BCUT2D eigenvalue weighted by atomic mass is 32.1. The number of aromatic nitrogens is 1. The maximum atomic E-state index is 5.63. The SMILES string of the molecule is CCc1nc(-c2ccc(NC(N)=S)cc2)oc1C. The maximum Gasteiger partial charge on any atom is 0.226 e. The van der Waals surface area contributed by atoms with Crippen molar-refractivity contribution in [3.8, 4) is 11.5 Å². The highest BCUT2D eigenvalue weighted by Crippen LogP contribution is 2.23. The number of nitrogens with one attached hydrogen (secondary N) is 1. The Balaban J connectivity index is 2.25. The van der Waals surface area contributed by atoms with E-state index in [1.807, 2.05) is 31.2 Å². The van der Waals surface area contributed by atoms with Crippen LogP contribution in [-0.2, 0) is 6.42 Å². The monoisotopic (exact) mass is 261 g/mol. The average molecular weight is 261 g/mol. The Labute approximate surface area is 111 Å². The third-order valence-electron chi connectivity index (χ3n) is 2.63. The van der Waals surface area contributed by atoms with E-state index in [1.54, 1.807) is 0 Å². The molecule has 5 heteroatoms. The summed E-state index contributed by atoms with van der Waals surface area (Å²) in [6, 6.07) is 7.62. The van der Waals surface area contributed by atoms with Gasteiger partial charge in [-0.15, -0.1) is 0 Å². The number of rotatable bonds is 3. The van der Waals surface area contributed by atoms with Gasteiger partial charge in [-0.05, 0) is 49.8 Å². The lowest BCUT2D eigenvalue weighted by atomic mass is 10.2. The molecule has 3 N–H and O–H groups in total. The minimum Gasteiger partial charge on any atom is -0.441 e. The zero-order valence-electron chi connectivity index (χ0n) is 10.4. The van der Waals surface area contributed by atoms with Gasteiger partial charge in [-0.1, -0.05) is 6.92 Å². The first-order valence-corrected chi connectivity index (χ1v) is 6.14. The molecule has 4 nitrogen and oxygen atoms in total. The van der Waals surface area contributed by atoms with Gasteiger partial charge in [0.25, 0.3) is 0 Å². The Bertz CT molecular complexity index is 560. The topological polar surface area (TPSA) is 64.1 Å². The first-order valence-electron chi connectivity index (χ1n) is 5.73. The van der Waals surface area contributed by atoms with Crippen molar-refractivity contribution in [2.24, 2.45) is 5.73 Å². The molecule has 0 bridgehead atoms. The summed E-state index contributed by atoms with van der Waals surface area (Å²) in [7, 11) is 0. The van der Waals surface area contributed by atoms with E-state index in [9.17, 15) is 0 Å². The number of anilines is 1. The van der Waals surface area contributed by atoms with Gasteiger partial charge in [0, 0.05) is 11.3 Å². The van der Waals surface area contributed by atoms with E-state index in [0.717, 1.165) is 29.1 Å². The summed E-state index contributed by atoms with van der Waals surface area (Å²) in [6.07, 6.45) is 0.871. The third kappa shape index (κ3) is 2.68. The largest absolute Gasteiger partial charge is 0.441 e. The number of benzene rings is 1. The normalized spacial score (nSPS) is 10.3. The first kappa shape index (κ1) is 12.6. The summed E-state index contributed by atoms with van der Waals surface area (Å²) in [5.41, 5.74) is 8.19. The number of aryl methyl sites for hydroxylation is 2. The molecule has 2 aromatic rings. The summed E-state index contributed by atoms with van der Waals surface area (Å²) >= 11 is 4.78. The van der Waals surface area contributed by atoms with Crippen molar-refractivity contribution in [3.05, 3.63) is 35.7 Å². The highest BCUT2D eigenvalue weighted by molar-refractivity contribution is 7.80. The summed E-state index contributed by atoms with van der Waals surface area (Å²) in [6.45, 7) is 3.99. The molecule has 1 aromatic carbocycles. The second kappa shape index (κ2) is 5.18. The molecule has 0 atom stereocenters. The fourth-order valence-electron chi connectivity index (χ4n) is 1.72. The molecular formula is C13H15N3OS. The molecule has 0 radical (unpaired) electrons. The zero-order chi connectivity index (χ0) is 13.1. The van der Waals surface area contributed by atoms with Crippen molar-refractivity contribution in [1.82, 2.24) is 4.98 Å². The quantitative estimate of drug-likeness (QED) is 0.832. The fraction of sp³-hybridized carbons (Fsp3) is 0.231. The van der Waals surface area contributed by atoms with Crippen molar-refractivity contribution in [2.45, 2.75) is 20.3 Å². The lowest BCUT2D eigenvalue weighted by molar-refractivity contribution is 0.540. The Morgan fingerprint density at radius 1 is 1.39 bits per heavy atom. The van der Waals surface area contributed by atoms with Crippen LogP contribution in [0.3, 0.4) is 0 Å². The van der Waals surface area contributed by atoms with Crippen LogP contribution in [0.15, 0.2) is 28.7 Å². The molecule has 0 saturated carbocycles. The summed E-state index contributed by atoms with van der Waals surface area (Å²) in [5.74, 6) is 1.52. The average Bonchev–Trinajstić information content (AvgIpc) is 2.71. The molecule has 0 fully saturated rings. The summed E-state index contributed by atoms with van der Waals surface area (Å²) in [5, 5.41) is 3.12. The van der Waals surface area contributed by atoms with Gasteiger partial charge in [-0.2, -0.15) is 0 Å². The summed E-state index contributed by atoms with van der Waals surface area (Å²) in [4.78, 5) is 4.45. The molecule has 0 aliphatic rings. The Kier molecular flexibility index (Phi) is 3.62. The van der Waals surface area contributed by atoms with Crippen LogP contribution in [0.25, 0.3) is 11.5 Å². The Morgan fingerprint density at radius 2 is 2.06 bits per heavy atom. The molecular weight excluding hydrogens is 246 g/mol. The van der Waals surface area contributed by atoms with E-state index in [-0.39, 0.29) is 5.11 Å². The second-order valence-electron chi connectivity index (χ2n) is 3.94. The van der Waals surface area contributed by atoms with Crippen LogP contribution < -0.4 is 11.1 Å². The van der Waals surface area contributed by atoms with Crippen LogP contribution in [0.5, 0.6) is 0 Å². The molecule has 94 valence electrons. The van der Waals surface area contributed by atoms with Crippen molar-refractivity contribution >= 4 is 23.0 Å². The molecule has 0 saturated heterocycles. The fourth-order valence-corrected chi connectivity index (χ4v) is 1.84. The molecule has 18 heavy (non-hydrogen) atoms. The Morgan fingerprint density at radius 3 is 2.56 bits per heavy atom. The highest BCUT2D eigenvalue weighted by Gasteiger charge is 2.09. The second-order valence-corrected chi connectivity index (χ2v) is 4.38. The van der Waals surface area contributed by atoms with Crippen molar-refractivity contribution in [2.75, 3.05) is 5.32 Å². The van der Waals surface area contributed by atoms with Crippen LogP contribution >= 0.6 is 12.2 Å². The molecule has 1 aromatic heterocycles. The van der Waals surface area contributed by atoms with Gasteiger partial charge in [0.15, 0.2) is 5.11 Å². The molecule has 0 aliphatic heterocycles. The third-order valence-corrected chi connectivity index (χ3v) is 2.73. The minimum atomic E-state index is 0.253. The summed E-state index contributed by atoms with van der Waals surface area (Å²) < 4.78 is 5.63. The van der Waals surface area contributed by atoms with Crippen molar-refractivity contribution in [1.29, 1.82) is 0 Å². The minimum absolute atomic E-state index is 0.253. The zero-order valence-corrected chi connectivity index (χ0v) is 11.2. The molecule has 0 aliphatic carbocycles. The van der Waals surface area contributed by atoms with Gasteiger partial charge in [-0.3, -0.25) is 0 Å². The van der Waals surface area contributed by atoms with Gasteiger partial charge >= 0.3 is 0 Å². The predicted molar refractivity (Wildman–Crippen MR) is 76.5 cm³/mol. The number of oxazole rings is 1. The number of hydrogen-bond donors (Lipinski definition) is 2. The predicted octanol–water partition coefficient (Wildman–Crippen LogP) is 2.87. The van der Waals surface area contributed by atoms with Crippen LogP contribution in [-0.4, -0.2) is 10.1 Å². The molecule has 1 heterocycles. The van der Waals surface area contributed by atoms with E-state index in [2.05, 4.69) is 17.2 Å². The lowest BCUT2D eigenvalue weighted by Crippen LogP contribution is -2.18. The van der Waals surface area contributed by atoms with E-state index in [4.69, 9.17) is 22.4 Å². The van der Waals surface area contributed by atoms with E-state index < -0.39 is 0 Å². The van der Waals surface area contributed by atoms with Crippen LogP contribution in [0.4, 0.5) is 5.69 Å². The van der Waals surface area contributed by atoms with E-state index in [1.165, 1.54) is 0 Å². The van der Waals surface area contributed by atoms with E-state index >= 15 is 0 Å². The van der Waals surface area contributed by atoms with Gasteiger partial charge in [0.1, 0.15) is 5.76 Å². The van der Waals surface area contributed by atoms with Crippen LogP contribution in [0, 0.1) is 6.92 Å². The van der Waals surface area contributed by atoms with Gasteiger partial charge in [0.2, 0.25) is 5.89 Å². The number of nitrogens with zero attached hydrogens (tertiary/aromatic N) is 1. The number of nitrogens with two attached hydrogens (primary N) is 1. The van der Waals surface area contributed by atoms with Crippen LogP contribution in [0.2, 0.25) is 0 Å². The molecule has 2 rings (SSSR count). The molecule has 0 amide bonds. The van der Waals surface area contributed by atoms with Crippen molar-refractivity contribution in [3.63, 3.8) is 0 Å². The lowest BCUT2D eigenvalue weighted by Gasteiger charge is -2.03. The van der Waals surface area contributed by atoms with Gasteiger partial charge in [0.05, 0.1) is 5.69 Å². The Hall–Kier alpha value is -1.88. The molecule has 0 spiro atoms. The number of hydrogen-bond acceptors (Lipinski definition) is 3. The smallest absolute Gasteiger partial charge is 0.226 e.